The van der Waals surface area contributed by atoms with E-state index in [1.54, 1.807) is 0 Å². The monoisotopic (exact) mass is 380 g/mol. The van der Waals surface area contributed by atoms with Gasteiger partial charge in [0.2, 0.25) is 0 Å². The van der Waals surface area contributed by atoms with Crippen molar-refractivity contribution in [1.29, 1.82) is 0 Å². The van der Waals surface area contributed by atoms with Crippen LogP contribution in [0.25, 0.3) is 10.9 Å². The highest BCUT2D eigenvalue weighted by atomic mass is 19.4. The predicted molar refractivity (Wildman–Crippen MR) is 94.8 cm³/mol. The zero-order valence-corrected chi connectivity index (χ0v) is 14.7. The fourth-order valence-corrected chi connectivity index (χ4v) is 3.27. The molecule has 0 unspecified atom stereocenters. The molecular formula is C17H19F3N6O. The smallest absolute Gasteiger partial charge is 0.381 e. The summed E-state index contributed by atoms with van der Waals surface area (Å²) in [5.74, 6) is 0.601. The van der Waals surface area contributed by atoms with Crippen LogP contribution in [0.4, 0.5) is 19.0 Å². The Morgan fingerprint density at radius 3 is 2.78 bits per heavy atom. The van der Waals surface area contributed by atoms with Crippen molar-refractivity contribution in [2.75, 3.05) is 25.2 Å². The third-order valence-corrected chi connectivity index (χ3v) is 4.58. The first-order valence-electron chi connectivity index (χ1n) is 8.69. The lowest BCUT2D eigenvalue weighted by Crippen LogP contribution is -2.31. The number of allylic oxidation sites excluding steroid dienone is 2. The van der Waals surface area contributed by atoms with Gasteiger partial charge in [-0.25, -0.2) is 4.98 Å². The Labute approximate surface area is 153 Å². The quantitative estimate of drug-likeness (QED) is 0.762. The van der Waals surface area contributed by atoms with Gasteiger partial charge in [0, 0.05) is 24.9 Å². The van der Waals surface area contributed by atoms with Gasteiger partial charge < -0.3 is 15.4 Å². The highest BCUT2D eigenvalue weighted by Crippen LogP contribution is 2.30. The number of aliphatic imine (C=N–C) groups is 1. The molecule has 0 amide bonds. The van der Waals surface area contributed by atoms with E-state index in [1.165, 1.54) is 0 Å². The number of aromatic nitrogens is 3. The zero-order chi connectivity index (χ0) is 19.0. The molecule has 0 atom stereocenters. The Kier molecular flexibility index (Phi) is 4.50. The third-order valence-electron chi connectivity index (χ3n) is 4.58. The van der Waals surface area contributed by atoms with Crippen LogP contribution in [0, 0.1) is 6.92 Å². The molecule has 0 aromatic carbocycles. The van der Waals surface area contributed by atoms with Crippen molar-refractivity contribution in [1.82, 2.24) is 20.5 Å². The van der Waals surface area contributed by atoms with E-state index >= 15 is 0 Å². The third kappa shape index (κ3) is 3.61. The fraction of sp³-hybridized carbons (Fsp3) is 0.471. The number of pyridine rings is 1. The number of H-pyrrole nitrogens is 1. The summed E-state index contributed by atoms with van der Waals surface area (Å²) in [5.41, 5.74) is 1.19. The van der Waals surface area contributed by atoms with Crippen LogP contribution in [0.1, 0.15) is 24.2 Å². The van der Waals surface area contributed by atoms with Crippen molar-refractivity contribution < 1.29 is 17.9 Å². The lowest BCUT2D eigenvalue weighted by molar-refractivity contribution is -0.0967. The first kappa shape index (κ1) is 17.8. The number of aryl methyl sites for hydroxylation is 1. The molecule has 4 rings (SSSR count). The lowest BCUT2D eigenvalue weighted by Gasteiger charge is -2.24. The molecule has 0 aliphatic carbocycles. The van der Waals surface area contributed by atoms with Crippen LogP contribution in [-0.2, 0) is 4.74 Å². The van der Waals surface area contributed by atoms with Crippen molar-refractivity contribution in [2.45, 2.75) is 32.0 Å². The van der Waals surface area contributed by atoms with Crippen LogP contribution in [0.15, 0.2) is 22.8 Å². The van der Waals surface area contributed by atoms with E-state index in [-0.39, 0.29) is 18.4 Å². The molecule has 2 aliphatic rings. The molecule has 2 aliphatic heterocycles. The number of rotatable bonds is 3. The van der Waals surface area contributed by atoms with Gasteiger partial charge in [-0.2, -0.15) is 18.3 Å². The largest absolute Gasteiger partial charge is 0.431 e. The molecule has 0 spiro atoms. The molecule has 1 fully saturated rings. The number of ether oxygens (including phenoxy) is 1. The second-order valence-corrected chi connectivity index (χ2v) is 6.57. The second kappa shape index (κ2) is 6.84. The Morgan fingerprint density at radius 1 is 1.26 bits per heavy atom. The van der Waals surface area contributed by atoms with Crippen LogP contribution >= 0.6 is 0 Å². The van der Waals surface area contributed by atoms with Crippen LogP contribution in [0.3, 0.4) is 0 Å². The van der Waals surface area contributed by atoms with Gasteiger partial charge in [0.05, 0.1) is 16.6 Å². The fourth-order valence-electron chi connectivity index (χ4n) is 3.27. The number of nitrogens with one attached hydrogen (secondary N) is 3. The van der Waals surface area contributed by atoms with Crippen molar-refractivity contribution in [2.24, 2.45) is 4.99 Å². The zero-order valence-electron chi connectivity index (χ0n) is 14.7. The average Bonchev–Trinajstić information content (AvgIpc) is 3.06. The summed E-state index contributed by atoms with van der Waals surface area (Å²) in [6.45, 7) is 3.04. The van der Waals surface area contributed by atoms with E-state index in [4.69, 9.17) is 4.74 Å². The van der Waals surface area contributed by atoms with Crippen molar-refractivity contribution in [3.05, 3.63) is 29.2 Å². The van der Waals surface area contributed by atoms with Gasteiger partial charge in [-0.1, -0.05) is 0 Å². The predicted octanol–water partition coefficient (Wildman–Crippen LogP) is 2.65. The van der Waals surface area contributed by atoms with Crippen LogP contribution in [0.2, 0.25) is 0 Å². The summed E-state index contributed by atoms with van der Waals surface area (Å²) in [6, 6.07) is 2.01. The molecule has 0 saturated carbocycles. The van der Waals surface area contributed by atoms with Crippen molar-refractivity contribution >= 4 is 22.4 Å². The number of anilines is 1. The second-order valence-electron chi connectivity index (χ2n) is 6.57. The first-order chi connectivity index (χ1) is 12.9. The number of nitrogens with zero attached hydrogens (tertiary/aromatic N) is 3. The average molecular weight is 380 g/mol. The maximum atomic E-state index is 13.1. The minimum atomic E-state index is -4.47. The molecular weight excluding hydrogens is 361 g/mol. The van der Waals surface area contributed by atoms with Gasteiger partial charge in [0.1, 0.15) is 23.9 Å². The number of fused-ring (bicyclic) bond motifs is 1. The maximum Gasteiger partial charge on any atom is 0.431 e. The van der Waals surface area contributed by atoms with E-state index in [9.17, 15) is 13.2 Å². The molecule has 1 saturated heterocycles. The Hall–Kier alpha value is -2.62. The van der Waals surface area contributed by atoms with Gasteiger partial charge in [-0.05, 0) is 31.9 Å². The number of aromatic amines is 1. The minimum absolute atomic E-state index is 0.156. The van der Waals surface area contributed by atoms with E-state index in [1.807, 2.05) is 13.0 Å². The summed E-state index contributed by atoms with van der Waals surface area (Å²) < 4.78 is 44.6. The summed E-state index contributed by atoms with van der Waals surface area (Å²) in [5, 5.41) is 13.4. The molecule has 0 bridgehead atoms. The molecule has 27 heavy (non-hydrogen) atoms. The molecule has 2 aromatic heterocycles. The SMILES string of the molecule is Cc1cc2[nH]nc(C3=NCNC(C(F)(F)F)=C3)c2c(NC2CCOCC2)n1. The lowest BCUT2D eigenvalue weighted by atomic mass is 10.1. The van der Waals surface area contributed by atoms with Crippen molar-refractivity contribution in [3.63, 3.8) is 0 Å². The standard InChI is InChI=1S/C17H19F3N6O/c1-9-6-11-14(16(23-9)24-10-2-4-27-5-3-10)15(26-25-11)12-7-13(17(18,19)20)22-8-21-12/h6-7,10,22H,2-5,8H2,1H3,(H,23,24)(H,25,26). The van der Waals surface area contributed by atoms with Gasteiger partial charge in [-0.3, -0.25) is 10.1 Å². The summed E-state index contributed by atoms with van der Waals surface area (Å²) in [6.07, 6.45) is -1.80. The first-order valence-corrected chi connectivity index (χ1v) is 8.69. The van der Waals surface area contributed by atoms with E-state index in [0.29, 0.717) is 35.6 Å². The number of halogens is 3. The molecule has 0 radical (unpaired) electrons. The number of hydrogen-bond donors (Lipinski definition) is 3. The topological polar surface area (TPSA) is 87.2 Å². The molecule has 144 valence electrons. The normalized spacial score (nSPS) is 18.8. The Balaban J connectivity index is 1.76. The molecule has 3 N–H and O–H groups in total. The summed E-state index contributed by atoms with van der Waals surface area (Å²) in [4.78, 5) is 8.73. The molecule has 4 heterocycles. The van der Waals surface area contributed by atoms with Crippen LogP contribution < -0.4 is 10.6 Å². The van der Waals surface area contributed by atoms with E-state index in [2.05, 4.69) is 30.8 Å². The van der Waals surface area contributed by atoms with E-state index < -0.39 is 11.9 Å². The maximum absolute atomic E-state index is 13.1. The number of hydrogen-bond acceptors (Lipinski definition) is 6. The van der Waals surface area contributed by atoms with Crippen LogP contribution in [-0.4, -0.2) is 53.0 Å². The minimum Gasteiger partial charge on any atom is -0.381 e. The van der Waals surface area contributed by atoms with E-state index in [0.717, 1.165) is 24.6 Å². The van der Waals surface area contributed by atoms with Crippen LogP contribution in [0.5, 0.6) is 0 Å². The Morgan fingerprint density at radius 2 is 2.04 bits per heavy atom. The Bertz CT molecular complexity index is 911. The van der Waals surface area contributed by atoms with Gasteiger partial charge in [0.25, 0.3) is 0 Å². The number of alkyl halides is 3. The molecule has 7 nitrogen and oxygen atoms in total. The summed E-state index contributed by atoms with van der Waals surface area (Å²) >= 11 is 0. The highest BCUT2D eigenvalue weighted by Gasteiger charge is 2.35. The van der Waals surface area contributed by atoms with Crippen molar-refractivity contribution in [3.8, 4) is 0 Å². The summed E-state index contributed by atoms with van der Waals surface area (Å²) in [7, 11) is 0. The molecule has 10 heteroatoms. The van der Waals surface area contributed by atoms with Gasteiger partial charge in [-0.15, -0.1) is 0 Å². The molecule has 2 aromatic rings. The van der Waals surface area contributed by atoms with Gasteiger partial charge in [0.15, 0.2) is 0 Å². The highest BCUT2D eigenvalue weighted by molar-refractivity contribution is 6.17. The van der Waals surface area contributed by atoms with Gasteiger partial charge >= 0.3 is 6.18 Å².